The first-order valence-electron chi connectivity index (χ1n) is 7.45. The zero-order chi connectivity index (χ0) is 16.7. The molecule has 0 unspecified atom stereocenters. The van der Waals surface area contributed by atoms with Crippen molar-refractivity contribution >= 4 is 41.9 Å². The number of aliphatic imine (C=N–C) groups is 1. The largest absolute Gasteiger partial charge is 0.357 e. The number of amides is 3. The molecule has 1 heterocycles. The Morgan fingerprint density at radius 2 is 2.08 bits per heavy atom. The van der Waals surface area contributed by atoms with Gasteiger partial charge in [-0.15, -0.1) is 24.0 Å². The fourth-order valence-electron chi connectivity index (χ4n) is 2.10. The highest BCUT2D eigenvalue weighted by atomic mass is 127. The lowest BCUT2D eigenvalue weighted by Crippen LogP contribution is -2.43. The minimum Gasteiger partial charge on any atom is -0.357 e. The summed E-state index contributed by atoms with van der Waals surface area (Å²) in [6.45, 7) is 3.41. The first-order chi connectivity index (χ1) is 11.1. The highest BCUT2D eigenvalue weighted by Gasteiger charge is 2.27. The predicted octanol–water partition coefficient (Wildman–Crippen LogP) is 1.05. The molecule has 0 aliphatic carbocycles. The second kappa shape index (κ2) is 10.1. The van der Waals surface area contributed by atoms with Crippen molar-refractivity contribution in [1.82, 2.24) is 20.9 Å². The van der Waals surface area contributed by atoms with Crippen LogP contribution in [0.5, 0.6) is 0 Å². The number of hydrogen-bond acceptors (Lipinski definition) is 3. The monoisotopic (exact) mass is 449 g/mol. The molecule has 132 valence electrons. The third-order valence-corrected chi connectivity index (χ3v) is 3.27. The van der Waals surface area contributed by atoms with Crippen molar-refractivity contribution in [3.63, 3.8) is 0 Å². The Bertz CT molecular complexity index is 595. The summed E-state index contributed by atoms with van der Waals surface area (Å²) in [5.74, 6) is -0.0423. The van der Waals surface area contributed by atoms with Crippen LogP contribution in [0.4, 0.5) is 9.18 Å². The van der Waals surface area contributed by atoms with Crippen molar-refractivity contribution in [2.24, 2.45) is 4.99 Å². The van der Waals surface area contributed by atoms with Gasteiger partial charge in [-0.3, -0.25) is 9.69 Å². The number of rotatable bonds is 6. The van der Waals surface area contributed by atoms with Crippen LogP contribution in [0.2, 0.25) is 0 Å². The molecule has 0 aromatic heterocycles. The molecule has 1 fully saturated rings. The Morgan fingerprint density at radius 3 is 2.71 bits per heavy atom. The van der Waals surface area contributed by atoms with Crippen molar-refractivity contribution in [1.29, 1.82) is 0 Å². The number of guanidine groups is 1. The van der Waals surface area contributed by atoms with Crippen LogP contribution in [-0.2, 0) is 11.3 Å². The van der Waals surface area contributed by atoms with Crippen LogP contribution in [0, 0.1) is 5.82 Å². The summed E-state index contributed by atoms with van der Waals surface area (Å²) < 4.78 is 13.6. The molecule has 1 aromatic carbocycles. The van der Waals surface area contributed by atoms with Gasteiger partial charge < -0.3 is 16.0 Å². The number of nitrogens with one attached hydrogen (secondary N) is 3. The lowest BCUT2D eigenvalue weighted by Gasteiger charge is -2.15. The molecule has 1 saturated heterocycles. The third-order valence-electron chi connectivity index (χ3n) is 3.27. The number of benzene rings is 1. The zero-order valence-corrected chi connectivity index (χ0v) is 15.7. The lowest BCUT2D eigenvalue weighted by atomic mass is 10.2. The summed E-state index contributed by atoms with van der Waals surface area (Å²) in [6, 6.07) is 6.07. The van der Waals surface area contributed by atoms with Crippen molar-refractivity contribution < 1.29 is 14.0 Å². The van der Waals surface area contributed by atoms with Gasteiger partial charge in [0.1, 0.15) is 5.82 Å². The second-order valence-electron chi connectivity index (χ2n) is 4.92. The highest BCUT2D eigenvalue weighted by molar-refractivity contribution is 14.0. The van der Waals surface area contributed by atoms with E-state index in [0.29, 0.717) is 24.6 Å². The Hall–Kier alpha value is -1.91. The average molecular weight is 449 g/mol. The first-order valence-corrected chi connectivity index (χ1v) is 7.45. The van der Waals surface area contributed by atoms with Crippen LogP contribution in [0.1, 0.15) is 12.5 Å². The van der Waals surface area contributed by atoms with Crippen molar-refractivity contribution in [2.75, 3.05) is 26.2 Å². The first kappa shape index (κ1) is 20.1. The molecule has 2 rings (SSSR count). The van der Waals surface area contributed by atoms with Gasteiger partial charge in [-0.25, -0.2) is 14.2 Å². The van der Waals surface area contributed by atoms with Gasteiger partial charge in [0.15, 0.2) is 5.96 Å². The molecule has 3 amide bonds. The normalized spacial score (nSPS) is 14.2. The molecule has 24 heavy (non-hydrogen) atoms. The van der Waals surface area contributed by atoms with Gasteiger partial charge in [-0.05, 0) is 13.0 Å². The van der Waals surface area contributed by atoms with Gasteiger partial charge in [0.05, 0.1) is 13.1 Å². The van der Waals surface area contributed by atoms with Crippen LogP contribution in [0.15, 0.2) is 29.3 Å². The van der Waals surface area contributed by atoms with Crippen LogP contribution in [0.3, 0.4) is 0 Å². The van der Waals surface area contributed by atoms with Gasteiger partial charge in [0.2, 0.25) is 5.91 Å². The molecule has 9 heteroatoms. The standard InChI is InChI=1S/C15H20FN5O2.HI/c1-2-17-14(19-9-11-5-3-4-6-12(11)16)18-7-8-21-13(22)10-20-15(21)23;/h3-6H,2,7-10H2,1H3,(H,20,23)(H2,17,18,19);1H. The SMILES string of the molecule is CCNC(=NCc1ccccc1F)NCCN1C(=O)CNC1=O.I. The molecule has 0 saturated carbocycles. The molecular weight excluding hydrogens is 428 g/mol. The van der Waals surface area contributed by atoms with Crippen LogP contribution < -0.4 is 16.0 Å². The van der Waals surface area contributed by atoms with Crippen LogP contribution >= 0.6 is 24.0 Å². The maximum Gasteiger partial charge on any atom is 0.324 e. The summed E-state index contributed by atoms with van der Waals surface area (Å²) in [7, 11) is 0. The maximum absolute atomic E-state index is 13.6. The van der Waals surface area contributed by atoms with E-state index in [0.717, 1.165) is 4.90 Å². The highest BCUT2D eigenvalue weighted by Crippen LogP contribution is 2.07. The number of carbonyl (C=O) groups excluding carboxylic acids is 2. The lowest BCUT2D eigenvalue weighted by molar-refractivity contribution is -0.124. The summed E-state index contributed by atoms with van der Waals surface area (Å²) >= 11 is 0. The predicted molar refractivity (Wildman–Crippen MR) is 99.7 cm³/mol. The molecular formula is C15H21FIN5O2. The molecule has 0 bridgehead atoms. The Kier molecular flexibility index (Phi) is 8.44. The molecule has 1 aliphatic rings. The molecule has 1 aliphatic heterocycles. The maximum atomic E-state index is 13.6. The molecule has 1 aromatic rings. The topological polar surface area (TPSA) is 85.8 Å². The van der Waals surface area contributed by atoms with E-state index in [1.807, 2.05) is 6.92 Å². The Balaban J connectivity index is 0.00000288. The van der Waals surface area contributed by atoms with Crippen molar-refractivity contribution in [3.05, 3.63) is 35.6 Å². The summed E-state index contributed by atoms with van der Waals surface area (Å²) in [5.41, 5.74) is 0.499. The molecule has 3 N–H and O–H groups in total. The van der Waals surface area contributed by atoms with Crippen molar-refractivity contribution in [2.45, 2.75) is 13.5 Å². The minimum absolute atomic E-state index is 0. The summed E-state index contributed by atoms with van der Waals surface area (Å²) in [5, 5.41) is 8.51. The van der Waals surface area contributed by atoms with E-state index in [2.05, 4.69) is 20.9 Å². The number of imide groups is 1. The van der Waals surface area contributed by atoms with Gasteiger partial charge in [-0.1, -0.05) is 18.2 Å². The van der Waals surface area contributed by atoms with E-state index in [9.17, 15) is 14.0 Å². The van der Waals surface area contributed by atoms with Crippen LogP contribution in [0.25, 0.3) is 0 Å². The fraction of sp³-hybridized carbons (Fsp3) is 0.400. The van der Waals surface area contributed by atoms with Gasteiger partial charge in [-0.2, -0.15) is 0 Å². The molecule has 0 atom stereocenters. The van der Waals surface area contributed by atoms with Gasteiger partial charge in [0.25, 0.3) is 0 Å². The fourth-order valence-corrected chi connectivity index (χ4v) is 2.10. The number of hydrogen-bond donors (Lipinski definition) is 3. The number of nitrogens with zero attached hydrogens (tertiary/aromatic N) is 2. The van der Waals surface area contributed by atoms with E-state index < -0.39 is 0 Å². The Morgan fingerprint density at radius 1 is 1.33 bits per heavy atom. The smallest absolute Gasteiger partial charge is 0.324 e. The molecule has 0 radical (unpaired) electrons. The second-order valence-corrected chi connectivity index (χ2v) is 4.92. The third kappa shape index (κ3) is 5.62. The van der Waals surface area contributed by atoms with Gasteiger partial charge in [0, 0.05) is 25.2 Å². The average Bonchev–Trinajstić information content (AvgIpc) is 2.85. The number of carbonyl (C=O) groups is 2. The van der Waals surface area contributed by atoms with E-state index in [1.165, 1.54) is 6.07 Å². The molecule has 0 spiro atoms. The van der Waals surface area contributed by atoms with E-state index in [-0.39, 0.29) is 61.4 Å². The van der Waals surface area contributed by atoms with Crippen molar-refractivity contribution in [3.8, 4) is 0 Å². The number of halogens is 2. The Labute approximate surface area is 157 Å². The van der Waals surface area contributed by atoms with E-state index >= 15 is 0 Å². The number of urea groups is 1. The minimum atomic E-state index is -0.384. The summed E-state index contributed by atoms with van der Waals surface area (Å²) in [4.78, 5) is 28.3. The van der Waals surface area contributed by atoms with Gasteiger partial charge >= 0.3 is 6.03 Å². The quantitative estimate of drug-likeness (QED) is 0.263. The van der Waals surface area contributed by atoms with E-state index in [1.54, 1.807) is 18.2 Å². The molecule has 7 nitrogen and oxygen atoms in total. The van der Waals surface area contributed by atoms with E-state index in [4.69, 9.17) is 0 Å². The zero-order valence-electron chi connectivity index (χ0n) is 13.3. The summed E-state index contributed by atoms with van der Waals surface area (Å²) in [6.07, 6.45) is 0. The van der Waals surface area contributed by atoms with Crippen LogP contribution in [-0.4, -0.2) is 49.0 Å².